The van der Waals surface area contributed by atoms with E-state index >= 15 is 0 Å². The summed E-state index contributed by atoms with van der Waals surface area (Å²) >= 11 is 0. The Labute approximate surface area is 443 Å². The van der Waals surface area contributed by atoms with Gasteiger partial charge in [-0.25, -0.2) is 0 Å². The molecule has 0 radical (unpaired) electrons. The maximum absolute atomic E-state index is 13.0. The molecule has 0 spiro atoms. The van der Waals surface area contributed by atoms with E-state index < -0.39 is 99.3 Å². The standard InChI is InChI=1S/C59H96O15/c1-3-5-7-9-11-13-15-17-19-21-22-23-24-26-27-29-31-33-35-37-39-41-50(61)69-44-47(72-51(62)42-40-38-36-34-32-30-28-25-20-18-16-14-12-10-8-6-4-2)45-70-58-57(68)55(66)53(64)49(74-58)46-71-59-56(67)54(65)52(63)48(43-60)73-59/h8,10,14,16,19-21,23-25,27,29-30,32-33,35,47-49,52-60,63-68H,3-7,9,11-13,15,17-18,22,26,28,31,34,36-46H2,1-2H3/b10-8+,16-14+,21-19+,24-23+,25-20+,29-27+,32-30+,35-33+/t47-,48+,49+,52-,53-,54?,55?,56?,57?,58+,59+/m0/s1. The van der Waals surface area contributed by atoms with E-state index in [1.165, 1.54) is 51.4 Å². The summed E-state index contributed by atoms with van der Waals surface area (Å²) in [6, 6.07) is 0. The van der Waals surface area contributed by atoms with Crippen LogP contribution in [0.1, 0.15) is 168 Å². The van der Waals surface area contributed by atoms with Crippen LogP contribution in [0.5, 0.6) is 0 Å². The van der Waals surface area contributed by atoms with E-state index in [9.17, 15) is 45.3 Å². The summed E-state index contributed by atoms with van der Waals surface area (Å²) in [7, 11) is 0. The van der Waals surface area contributed by atoms with E-state index in [2.05, 4.69) is 105 Å². The van der Waals surface area contributed by atoms with Crippen LogP contribution >= 0.6 is 0 Å². The van der Waals surface area contributed by atoms with Gasteiger partial charge in [-0.3, -0.25) is 9.59 Å². The number of hydrogen-bond acceptors (Lipinski definition) is 15. The zero-order chi connectivity index (χ0) is 53.9. The largest absolute Gasteiger partial charge is 0.462 e. The minimum atomic E-state index is -1.79. The van der Waals surface area contributed by atoms with Crippen LogP contribution in [0.2, 0.25) is 0 Å². The van der Waals surface area contributed by atoms with Crippen molar-refractivity contribution in [3.8, 4) is 0 Å². The molecule has 74 heavy (non-hydrogen) atoms. The SMILES string of the molecule is CCC/C=C/C/C=C/C/C=C/C/C=C/CCCCCC(=O)O[C@@H](COC(=O)CCC/C=C/C/C=C/C/C=C/C/C=C/CCCCCCCCC)CO[C@@H]1O[C@H](CO[C@@H]2O[C@H](CO)[C@H](O)C(O)C2O)[C@H](O)C(O)C1O. The second kappa shape index (κ2) is 44.5. The van der Waals surface area contributed by atoms with Gasteiger partial charge >= 0.3 is 11.9 Å². The Hall–Kier alpha value is -3.58. The van der Waals surface area contributed by atoms with Gasteiger partial charge in [0, 0.05) is 12.8 Å². The number of unbranched alkanes of at least 4 members (excludes halogenated alkanes) is 12. The Bertz CT molecular complexity index is 1650. The molecule has 0 aromatic rings. The smallest absolute Gasteiger partial charge is 0.306 e. The number of aliphatic hydroxyl groups is 7. The van der Waals surface area contributed by atoms with Crippen LogP contribution in [0.25, 0.3) is 0 Å². The fraction of sp³-hybridized carbons (Fsp3) is 0.695. The summed E-state index contributed by atoms with van der Waals surface area (Å²) in [5.41, 5.74) is 0. The van der Waals surface area contributed by atoms with Crippen molar-refractivity contribution >= 4 is 11.9 Å². The zero-order valence-corrected chi connectivity index (χ0v) is 44.8. The lowest BCUT2D eigenvalue weighted by Gasteiger charge is -2.42. The van der Waals surface area contributed by atoms with Crippen molar-refractivity contribution in [2.75, 3.05) is 26.4 Å². The van der Waals surface area contributed by atoms with Crippen molar-refractivity contribution in [1.29, 1.82) is 0 Å². The normalized spacial score (nSPS) is 25.4. The van der Waals surface area contributed by atoms with Crippen molar-refractivity contribution in [3.63, 3.8) is 0 Å². The molecule has 11 atom stereocenters. The first-order valence-electron chi connectivity index (χ1n) is 27.8. The zero-order valence-electron chi connectivity index (χ0n) is 44.8. The van der Waals surface area contributed by atoms with Crippen LogP contribution in [0.3, 0.4) is 0 Å². The van der Waals surface area contributed by atoms with E-state index in [1.54, 1.807) is 0 Å². The molecule has 2 heterocycles. The van der Waals surface area contributed by atoms with E-state index in [0.29, 0.717) is 19.3 Å². The van der Waals surface area contributed by atoms with Gasteiger partial charge in [-0.2, -0.15) is 0 Å². The highest BCUT2D eigenvalue weighted by molar-refractivity contribution is 5.70. The molecule has 2 fully saturated rings. The first-order chi connectivity index (χ1) is 36.0. The maximum Gasteiger partial charge on any atom is 0.306 e. The molecule has 0 saturated carbocycles. The molecular weight excluding hydrogens is 949 g/mol. The maximum atomic E-state index is 13.0. The van der Waals surface area contributed by atoms with Crippen LogP contribution in [0, 0.1) is 0 Å². The lowest BCUT2D eigenvalue weighted by molar-refractivity contribution is -0.332. The highest BCUT2D eigenvalue weighted by atomic mass is 16.7. The molecule has 15 nitrogen and oxygen atoms in total. The molecule has 2 aliphatic rings. The number of ether oxygens (including phenoxy) is 6. The summed E-state index contributed by atoms with van der Waals surface area (Å²) in [4.78, 5) is 25.8. The average Bonchev–Trinajstić information content (AvgIpc) is 3.39. The first kappa shape index (κ1) is 66.5. The summed E-state index contributed by atoms with van der Waals surface area (Å²) in [5, 5.41) is 72.2. The predicted octanol–water partition coefficient (Wildman–Crippen LogP) is 8.93. The topological polar surface area (TPSA) is 231 Å². The van der Waals surface area contributed by atoms with Crippen molar-refractivity contribution in [3.05, 3.63) is 97.2 Å². The monoisotopic (exact) mass is 1040 g/mol. The highest BCUT2D eigenvalue weighted by Gasteiger charge is 2.47. The quantitative estimate of drug-likeness (QED) is 0.0172. The van der Waals surface area contributed by atoms with Gasteiger partial charge in [0.2, 0.25) is 0 Å². The van der Waals surface area contributed by atoms with Crippen LogP contribution in [0.15, 0.2) is 97.2 Å². The van der Waals surface area contributed by atoms with Crippen molar-refractivity contribution in [2.45, 2.75) is 235 Å². The van der Waals surface area contributed by atoms with Gasteiger partial charge in [0.1, 0.15) is 55.4 Å². The molecule has 0 aromatic heterocycles. The van der Waals surface area contributed by atoms with E-state index in [1.807, 2.05) is 6.08 Å². The molecule has 4 unspecified atom stereocenters. The molecular formula is C59H96O15. The Balaban J connectivity index is 1.82. The van der Waals surface area contributed by atoms with Crippen LogP contribution in [0.4, 0.5) is 0 Å². The summed E-state index contributed by atoms with van der Waals surface area (Å²) in [6.07, 6.45) is 40.1. The molecule has 0 bridgehead atoms. The number of carbonyl (C=O) groups is 2. The Morgan fingerprint density at radius 1 is 0.432 bits per heavy atom. The van der Waals surface area contributed by atoms with Gasteiger partial charge in [0.05, 0.1) is 19.8 Å². The highest BCUT2D eigenvalue weighted by Crippen LogP contribution is 2.26. The molecule has 0 amide bonds. The molecule has 422 valence electrons. The third kappa shape index (κ3) is 31.5. The fourth-order valence-corrected chi connectivity index (χ4v) is 7.96. The number of hydrogen-bond donors (Lipinski definition) is 7. The van der Waals surface area contributed by atoms with Crippen molar-refractivity contribution < 1.29 is 73.8 Å². The molecule has 2 aliphatic heterocycles. The van der Waals surface area contributed by atoms with Crippen LogP contribution < -0.4 is 0 Å². The molecule has 0 aliphatic carbocycles. The lowest BCUT2D eigenvalue weighted by atomic mass is 9.98. The minimum Gasteiger partial charge on any atom is -0.462 e. The van der Waals surface area contributed by atoms with Gasteiger partial charge < -0.3 is 64.2 Å². The van der Waals surface area contributed by atoms with E-state index in [-0.39, 0.29) is 19.4 Å². The van der Waals surface area contributed by atoms with Gasteiger partial charge in [-0.15, -0.1) is 0 Å². The van der Waals surface area contributed by atoms with Gasteiger partial charge in [0.15, 0.2) is 18.7 Å². The van der Waals surface area contributed by atoms with E-state index in [0.717, 1.165) is 70.6 Å². The minimum absolute atomic E-state index is 0.110. The summed E-state index contributed by atoms with van der Waals surface area (Å²) in [5.74, 6) is -1.03. The number of esters is 2. The third-order valence-corrected chi connectivity index (χ3v) is 12.5. The van der Waals surface area contributed by atoms with Gasteiger partial charge in [-0.1, -0.05) is 162 Å². The third-order valence-electron chi connectivity index (χ3n) is 12.5. The fourth-order valence-electron chi connectivity index (χ4n) is 7.96. The molecule has 0 aromatic carbocycles. The second-order valence-electron chi connectivity index (χ2n) is 19.0. The molecule has 15 heteroatoms. The Morgan fingerprint density at radius 2 is 0.851 bits per heavy atom. The van der Waals surface area contributed by atoms with Crippen molar-refractivity contribution in [2.24, 2.45) is 0 Å². The molecule has 7 N–H and O–H groups in total. The Morgan fingerprint density at radius 3 is 1.36 bits per heavy atom. The number of carbonyl (C=O) groups excluding carboxylic acids is 2. The van der Waals surface area contributed by atoms with Crippen molar-refractivity contribution in [1.82, 2.24) is 0 Å². The van der Waals surface area contributed by atoms with Gasteiger partial charge in [-0.05, 0) is 89.9 Å². The number of rotatable bonds is 42. The second-order valence-corrected chi connectivity index (χ2v) is 19.0. The van der Waals surface area contributed by atoms with E-state index in [4.69, 9.17) is 28.4 Å². The summed E-state index contributed by atoms with van der Waals surface area (Å²) in [6.45, 7) is 2.42. The van der Waals surface area contributed by atoms with Crippen LogP contribution in [-0.2, 0) is 38.0 Å². The molecule has 2 saturated heterocycles. The average molecular weight is 1050 g/mol. The summed E-state index contributed by atoms with van der Waals surface area (Å²) < 4.78 is 33.5. The Kier molecular flexibility index (Phi) is 40.0. The van der Waals surface area contributed by atoms with Gasteiger partial charge in [0.25, 0.3) is 0 Å². The molecule has 2 rings (SSSR count). The first-order valence-corrected chi connectivity index (χ1v) is 27.8. The predicted molar refractivity (Wildman–Crippen MR) is 288 cm³/mol. The number of aliphatic hydroxyl groups excluding tert-OH is 7. The lowest BCUT2D eigenvalue weighted by Crippen LogP contribution is -2.61. The number of allylic oxidation sites excluding steroid dienone is 16. The van der Waals surface area contributed by atoms with Crippen LogP contribution in [-0.4, -0.2) is 142 Å².